The highest BCUT2D eigenvalue weighted by Crippen LogP contribution is 2.27. The van der Waals surface area contributed by atoms with Crippen LogP contribution in [0.2, 0.25) is 0 Å². The Hall–Kier alpha value is -1.03. The summed E-state index contributed by atoms with van der Waals surface area (Å²) in [5.41, 5.74) is 6.26. The summed E-state index contributed by atoms with van der Waals surface area (Å²) in [5.74, 6) is 0.109. The summed E-state index contributed by atoms with van der Waals surface area (Å²) in [6.45, 7) is 4.29. The van der Waals surface area contributed by atoms with Crippen molar-refractivity contribution in [1.82, 2.24) is 4.98 Å². The number of pyridine rings is 1. The first-order chi connectivity index (χ1) is 6.65. The zero-order valence-electron chi connectivity index (χ0n) is 8.45. The molecule has 1 rings (SSSR count). The molecule has 3 N–H and O–H groups in total. The van der Waals surface area contributed by atoms with E-state index in [-0.39, 0.29) is 5.84 Å². The van der Waals surface area contributed by atoms with E-state index in [1.165, 1.54) is 0 Å². The molecular weight excluding hydrogens is 194 g/mol. The standard InChI is InChI=1S/C10H15N3S/c1-3-7(2)14-9-6-13-5-4-8(9)10(11)12/h4-7H,3H2,1-2H3,(H3,11,12). The van der Waals surface area contributed by atoms with Crippen molar-refractivity contribution in [2.75, 3.05) is 0 Å². The second-order valence-electron chi connectivity index (χ2n) is 3.12. The van der Waals surface area contributed by atoms with Gasteiger partial charge in [-0.1, -0.05) is 13.8 Å². The summed E-state index contributed by atoms with van der Waals surface area (Å²) in [6, 6.07) is 1.78. The van der Waals surface area contributed by atoms with Crippen LogP contribution in [0, 0.1) is 5.41 Å². The predicted molar refractivity (Wildman–Crippen MR) is 60.9 cm³/mol. The van der Waals surface area contributed by atoms with Crippen molar-refractivity contribution in [2.24, 2.45) is 5.73 Å². The smallest absolute Gasteiger partial charge is 0.124 e. The molecule has 1 heterocycles. The van der Waals surface area contributed by atoms with Crippen LogP contribution in [-0.4, -0.2) is 16.1 Å². The van der Waals surface area contributed by atoms with Crippen molar-refractivity contribution in [2.45, 2.75) is 30.4 Å². The van der Waals surface area contributed by atoms with E-state index < -0.39 is 0 Å². The first kappa shape index (κ1) is 11.0. The summed E-state index contributed by atoms with van der Waals surface area (Å²) in [7, 11) is 0. The van der Waals surface area contributed by atoms with Crippen molar-refractivity contribution in [1.29, 1.82) is 5.41 Å². The zero-order valence-corrected chi connectivity index (χ0v) is 9.27. The van der Waals surface area contributed by atoms with Gasteiger partial charge in [0, 0.05) is 28.1 Å². The Morgan fingerprint density at radius 3 is 3.00 bits per heavy atom. The Labute approximate surface area is 88.6 Å². The Balaban J connectivity index is 2.90. The second kappa shape index (κ2) is 5.00. The normalized spacial score (nSPS) is 12.4. The van der Waals surface area contributed by atoms with E-state index >= 15 is 0 Å². The maximum Gasteiger partial charge on any atom is 0.124 e. The van der Waals surface area contributed by atoms with Crippen LogP contribution >= 0.6 is 11.8 Å². The molecule has 0 aliphatic heterocycles. The highest BCUT2D eigenvalue weighted by molar-refractivity contribution is 8.00. The molecule has 1 aromatic rings. The van der Waals surface area contributed by atoms with Gasteiger partial charge in [-0.05, 0) is 12.5 Å². The van der Waals surface area contributed by atoms with Gasteiger partial charge in [-0.2, -0.15) is 0 Å². The van der Waals surface area contributed by atoms with E-state index in [1.807, 2.05) is 0 Å². The first-order valence-electron chi connectivity index (χ1n) is 4.60. The number of nitrogens with zero attached hydrogens (tertiary/aromatic N) is 1. The van der Waals surface area contributed by atoms with Crippen LogP contribution in [0.15, 0.2) is 23.4 Å². The van der Waals surface area contributed by atoms with Crippen LogP contribution in [0.3, 0.4) is 0 Å². The third-order valence-corrected chi connectivity index (χ3v) is 3.29. The van der Waals surface area contributed by atoms with Gasteiger partial charge in [-0.3, -0.25) is 10.4 Å². The Kier molecular flexibility index (Phi) is 3.95. The van der Waals surface area contributed by atoms with E-state index in [0.717, 1.165) is 16.9 Å². The number of amidine groups is 1. The molecule has 1 atom stereocenters. The van der Waals surface area contributed by atoms with Gasteiger partial charge in [0.25, 0.3) is 0 Å². The van der Waals surface area contributed by atoms with Crippen molar-refractivity contribution < 1.29 is 0 Å². The van der Waals surface area contributed by atoms with Crippen LogP contribution in [0.1, 0.15) is 25.8 Å². The lowest BCUT2D eigenvalue weighted by Gasteiger charge is -2.10. The van der Waals surface area contributed by atoms with Crippen LogP contribution < -0.4 is 5.73 Å². The highest BCUT2D eigenvalue weighted by Gasteiger charge is 2.08. The monoisotopic (exact) mass is 209 g/mol. The first-order valence-corrected chi connectivity index (χ1v) is 5.48. The zero-order chi connectivity index (χ0) is 10.6. The molecule has 0 spiro atoms. The minimum Gasteiger partial charge on any atom is -0.384 e. The van der Waals surface area contributed by atoms with Crippen molar-refractivity contribution >= 4 is 17.6 Å². The number of nitrogen functional groups attached to an aromatic ring is 1. The lowest BCUT2D eigenvalue weighted by atomic mass is 10.2. The molecule has 0 saturated heterocycles. The van der Waals surface area contributed by atoms with Gasteiger partial charge in [0.05, 0.1) is 0 Å². The molecule has 0 aliphatic carbocycles. The molecule has 1 unspecified atom stereocenters. The third kappa shape index (κ3) is 2.73. The molecule has 76 valence electrons. The number of nitrogens with two attached hydrogens (primary N) is 1. The molecule has 1 aromatic heterocycles. The quantitative estimate of drug-likeness (QED) is 0.454. The summed E-state index contributed by atoms with van der Waals surface area (Å²) in [5, 5.41) is 7.94. The van der Waals surface area contributed by atoms with E-state index in [0.29, 0.717) is 5.25 Å². The van der Waals surface area contributed by atoms with Gasteiger partial charge in [-0.25, -0.2) is 0 Å². The maximum atomic E-state index is 7.41. The Morgan fingerprint density at radius 2 is 2.43 bits per heavy atom. The largest absolute Gasteiger partial charge is 0.384 e. The number of hydrogen-bond donors (Lipinski definition) is 2. The van der Waals surface area contributed by atoms with Gasteiger partial charge in [0.15, 0.2) is 0 Å². The van der Waals surface area contributed by atoms with E-state index in [9.17, 15) is 0 Å². The molecule has 0 aliphatic rings. The molecule has 4 heteroatoms. The summed E-state index contributed by atoms with van der Waals surface area (Å²) in [4.78, 5) is 5.04. The topological polar surface area (TPSA) is 62.8 Å². The van der Waals surface area contributed by atoms with Gasteiger partial charge in [0.1, 0.15) is 5.84 Å². The fraction of sp³-hybridized carbons (Fsp3) is 0.400. The average Bonchev–Trinajstić information content (AvgIpc) is 2.18. The number of hydrogen-bond acceptors (Lipinski definition) is 3. The van der Waals surface area contributed by atoms with Gasteiger partial charge in [-0.15, -0.1) is 11.8 Å². The molecule has 3 nitrogen and oxygen atoms in total. The Morgan fingerprint density at radius 1 is 1.71 bits per heavy atom. The van der Waals surface area contributed by atoms with E-state index in [1.54, 1.807) is 30.2 Å². The summed E-state index contributed by atoms with van der Waals surface area (Å²) >= 11 is 1.72. The van der Waals surface area contributed by atoms with Crippen molar-refractivity contribution in [3.05, 3.63) is 24.0 Å². The number of nitrogens with one attached hydrogen (secondary N) is 1. The van der Waals surface area contributed by atoms with Crippen LogP contribution in [0.25, 0.3) is 0 Å². The van der Waals surface area contributed by atoms with E-state index in [4.69, 9.17) is 11.1 Å². The minimum atomic E-state index is 0.109. The number of thioether (sulfide) groups is 1. The molecule has 0 aromatic carbocycles. The van der Waals surface area contributed by atoms with Gasteiger partial charge < -0.3 is 5.73 Å². The fourth-order valence-electron chi connectivity index (χ4n) is 0.996. The maximum absolute atomic E-state index is 7.41. The summed E-state index contributed by atoms with van der Waals surface area (Å²) in [6.07, 6.45) is 4.53. The lowest BCUT2D eigenvalue weighted by Crippen LogP contribution is -2.13. The van der Waals surface area contributed by atoms with Gasteiger partial charge in [0.2, 0.25) is 0 Å². The second-order valence-corrected chi connectivity index (χ2v) is 4.60. The molecule has 0 fully saturated rings. The molecule has 0 bridgehead atoms. The van der Waals surface area contributed by atoms with Crippen molar-refractivity contribution in [3.8, 4) is 0 Å². The van der Waals surface area contributed by atoms with Crippen molar-refractivity contribution in [3.63, 3.8) is 0 Å². The van der Waals surface area contributed by atoms with Gasteiger partial charge >= 0.3 is 0 Å². The summed E-state index contributed by atoms with van der Waals surface area (Å²) < 4.78 is 0. The van der Waals surface area contributed by atoms with Crippen LogP contribution in [0.5, 0.6) is 0 Å². The third-order valence-electron chi connectivity index (χ3n) is 1.98. The molecule has 14 heavy (non-hydrogen) atoms. The van der Waals surface area contributed by atoms with Crippen LogP contribution in [0.4, 0.5) is 0 Å². The Bertz CT molecular complexity index is 325. The average molecular weight is 209 g/mol. The SMILES string of the molecule is CCC(C)Sc1cnccc1C(=N)N. The van der Waals surface area contributed by atoms with Crippen LogP contribution in [-0.2, 0) is 0 Å². The minimum absolute atomic E-state index is 0.109. The number of aromatic nitrogens is 1. The molecule has 0 saturated carbocycles. The molecule has 0 radical (unpaired) electrons. The fourth-order valence-corrected chi connectivity index (χ4v) is 2.02. The number of rotatable bonds is 4. The van der Waals surface area contributed by atoms with E-state index in [2.05, 4.69) is 18.8 Å². The highest BCUT2D eigenvalue weighted by atomic mass is 32.2. The lowest BCUT2D eigenvalue weighted by molar-refractivity contribution is 0.904. The predicted octanol–water partition coefficient (Wildman–Crippen LogP) is 2.26. The molecular formula is C10H15N3S. The molecule has 0 amide bonds.